The molecule has 0 spiro atoms. The monoisotopic (exact) mass is 249 g/mol. The second-order valence-corrected chi connectivity index (χ2v) is 4.58. The maximum absolute atomic E-state index is 5.26. The molecule has 2 N–H and O–H groups in total. The molecular formula is C13H19N3O2. The van der Waals surface area contributed by atoms with Crippen LogP contribution >= 0.6 is 0 Å². The van der Waals surface area contributed by atoms with Crippen molar-refractivity contribution in [3.63, 3.8) is 0 Å². The summed E-state index contributed by atoms with van der Waals surface area (Å²) in [7, 11) is 3.24. The number of hydrogen-bond donors (Lipinski definition) is 2. The topological polar surface area (TPSA) is 59.2 Å². The van der Waals surface area contributed by atoms with Crippen LogP contribution in [0.3, 0.4) is 0 Å². The smallest absolute Gasteiger partial charge is 0.201 e. The van der Waals surface area contributed by atoms with Gasteiger partial charge in [0.1, 0.15) is 0 Å². The van der Waals surface area contributed by atoms with Crippen LogP contribution in [0.2, 0.25) is 0 Å². The van der Waals surface area contributed by atoms with Crippen LogP contribution in [0.15, 0.2) is 12.1 Å². The first kappa shape index (κ1) is 12.5. The largest absolute Gasteiger partial charge is 0.493 e. The number of nitrogens with zero attached hydrogens (tertiary/aromatic N) is 1. The van der Waals surface area contributed by atoms with Crippen molar-refractivity contribution in [3.8, 4) is 11.5 Å². The number of fused-ring (bicyclic) bond motifs is 1. The number of methoxy groups -OCH3 is 2. The molecule has 2 aromatic rings. The second kappa shape index (κ2) is 5.16. The molecule has 1 aromatic heterocycles. The van der Waals surface area contributed by atoms with Crippen molar-refractivity contribution in [1.82, 2.24) is 9.97 Å². The molecule has 0 aliphatic carbocycles. The number of anilines is 1. The van der Waals surface area contributed by atoms with Gasteiger partial charge in [-0.15, -0.1) is 0 Å². The Labute approximate surface area is 107 Å². The number of nitrogens with one attached hydrogen (secondary N) is 2. The lowest BCUT2D eigenvalue weighted by molar-refractivity contribution is 0.356. The standard InChI is InChI=1S/C13H19N3O2/c1-8(2)7-14-13-15-9-5-11(17-3)12(18-4)6-10(9)16-13/h5-6,8H,7H2,1-4H3,(H2,14,15,16). The van der Waals surface area contributed by atoms with E-state index < -0.39 is 0 Å². The third-order valence-electron chi connectivity index (χ3n) is 2.66. The number of ether oxygens (including phenoxy) is 2. The average Bonchev–Trinajstić information content (AvgIpc) is 2.76. The SMILES string of the molecule is COc1cc2nc(NCC(C)C)[nH]c2cc1OC. The molecule has 1 aromatic carbocycles. The van der Waals surface area contributed by atoms with E-state index in [4.69, 9.17) is 9.47 Å². The van der Waals surface area contributed by atoms with Crippen molar-refractivity contribution >= 4 is 17.0 Å². The Hall–Kier alpha value is -1.91. The molecule has 98 valence electrons. The minimum Gasteiger partial charge on any atom is -0.493 e. The van der Waals surface area contributed by atoms with E-state index in [1.54, 1.807) is 14.2 Å². The zero-order chi connectivity index (χ0) is 13.1. The van der Waals surface area contributed by atoms with Crippen molar-refractivity contribution in [2.75, 3.05) is 26.1 Å². The predicted octanol–water partition coefficient (Wildman–Crippen LogP) is 2.65. The molecule has 0 unspecified atom stereocenters. The third-order valence-corrected chi connectivity index (χ3v) is 2.66. The Kier molecular flexibility index (Phi) is 3.60. The Bertz CT molecular complexity index is 493. The van der Waals surface area contributed by atoms with Gasteiger partial charge < -0.3 is 19.8 Å². The quantitative estimate of drug-likeness (QED) is 0.855. The summed E-state index contributed by atoms with van der Waals surface area (Å²) in [5.74, 6) is 2.73. The van der Waals surface area contributed by atoms with Crippen molar-refractivity contribution in [2.24, 2.45) is 5.92 Å². The average molecular weight is 249 g/mol. The van der Waals surface area contributed by atoms with E-state index in [2.05, 4.69) is 29.1 Å². The van der Waals surface area contributed by atoms with Gasteiger partial charge in [-0.2, -0.15) is 0 Å². The first-order valence-electron chi connectivity index (χ1n) is 5.99. The molecule has 0 aliphatic rings. The minimum atomic E-state index is 0.572. The molecule has 0 amide bonds. The molecule has 5 nitrogen and oxygen atoms in total. The van der Waals surface area contributed by atoms with E-state index >= 15 is 0 Å². The van der Waals surface area contributed by atoms with Gasteiger partial charge in [-0.25, -0.2) is 4.98 Å². The van der Waals surface area contributed by atoms with Crippen LogP contribution in [0.1, 0.15) is 13.8 Å². The van der Waals surface area contributed by atoms with E-state index in [0.29, 0.717) is 17.4 Å². The zero-order valence-corrected chi connectivity index (χ0v) is 11.2. The molecule has 0 radical (unpaired) electrons. The van der Waals surface area contributed by atoms with Crippen molar-refractivity contribution in [1.29, 1.82) is 0 Å². The molecular weight excluding hydrogens is 230 g/mol. The van der Waals surface area contributed by atoms with Crippen LogP contribution in [-0.2, 0) is 0 Å². The lowest BCUT2D eigenvalue weighted by Crippen LogP contribution is -2.08. The fraction of sp³-hybridized carbons (Fsp3) is 0.462. The molecule has 0 aliphatic heterocycles. The Morgan fingerprint density at radius 2 is 1.89 bits per heavy atom. The van der Waals surface area contributed by atoms with Crippen LogP contribution in [0.5, 0.6) is 11.5 Å². The van der Waals surface area contributed by atoms with Crippen LogP contribution in [-0.4, -0.2) is 30.7 Å². The fourth-order valence-electron chi connectivity index (χ4n) is 1.72. The lowest BCUT2D eigenvalue weighted by atomic mass is 10.2. The Morgan fingerprint density at radius 1 is 1.22 bits per heavy atom. The molecule has 1 heterocycles. The van der Waals surface area contributed by atoms with Gasteiger partial charge >= 0.3 is 0 Å². The van der Waals surface area contributed by atoms with Crippen LogP contribution in [0.4, 0.5) is 5.95 Å². The lowest BCUT2D eigenvalue weighted by Gasteiger charge is -2.06. The Balaban J connectivity index is 2.32. The highest BCUT2D eigenvalue weighted by Crippen LogP contribution is 2.31. The number of aromatic nitrogens is 2. The molecule has 2 rings (SSSR count). The first-order valence-corrected chi connectivity index (χ1v) is 5.99. The van der Waals surface area contributed by atoms with Gasteiger partial charge in [-0.05, 0) is 5.92 Å². The maximum atomic E-state index is 5.26. The van der Waals surface area contributed by atoms with Crippen molar-refractivity contribution in [3.05, 3.63) is 12.1 Å². The zero-order valence-electron chi connectivity index (χ0n) is 11.2. The van der Waals surface area contributed by atoms with Gasteiger partial charge in [0, 0.05) is 18.7 Å². The number of hydrogen-bond acceptors (Lipinski definition) is 4. The van der Waals surface area contributed by atoms with Gasteiger partial charge in [0.15, 0.2) is 11.5 Å². The second-order valence-electron chi connectivity index (χ2n) is 4.58. The summed E-state index contributed by atoms with van der Waals surface area (Å²) in [5, 5.41) is 3.26. The normalized spacial score (nSPS) is 10.9. The summed E-state index contributed by atoms with van der Waals surface area (Å²) in [4.78, 5) is 7.69. The summed E-state index contributed by atoms with van der Waals surface area (Å²) < 4.78 is 10.5. The highest BCUT2D eigenvalue weighted by atomic mass is 16.5. The summed E-state index contributed by atoms with van der Waals surface area (Å²) in [6.45, 7) is 5.19. The van der Waals surface area contributed by atoms with Crippen LogP contribution in [0.25, 0.3) is 11.0 Å². The van der Waals surface area contributed by atoms with Gasteiger partial charge in [0.25, 0.3) is 0 Å². The molecule has 0 bridgehead atoms. The van der Waals surface area contributed by atoms with Crippen molar-refractivity contribution < 1.29 is 9.47 Å². The van der Waals surface area contributed by atoms with E-state index in [-0.39, 0.29) is 0 Å². The molecule has 5 heteroatoms. The van der Waals surface area contributed by atoms with E-state index in [9.17, 15) is 0 Å². The molecule has 0 saturated heterocycles. The summed E-state index contributed by atoms with van der Waals surface area (Å²) >= 11 is 0. The van der Waals surface area contributed by atoms with Crippen LogP contribution < -0.4 is 14.8 Å². The number of aromatic amines is 1. The highest BCUT2D eigenvalue weighted by Gasteiger charge is 2.09. The molecule has 0 saturated carbocycles. The summed E-state index contributed by atoms with van der Waals surface area (Å²) in [6, 6.07) is 3.76. The highest BCUT2D eigenvalue weighted by molar-refractivity contribution is 5.81. The number of imidazole rings is 1. The van der Waals surface area contributed by atoms with Gasteiger partial charge in [-0.1, -0.05) is 13.8 Å². The third kappa shape index (κ3) is 2.50. The molecule has 18 heavy (non-hydrogen) atoms. The van der Waals surface area contributed by atoms with Gasteiger partial charge in [0.2, 0.25) is 5.95 Å². The number of H-pyrrole nitrogens is 1. The summed E-state index contributed by atoms with van der Waals surface area (Å²) in [6.07, 6.45) is 0. The molecule has 0 atom stereocenters. The summed E-state index contributed by atoms with van der Waals surface area (Å²) in [5.41, 5.74) is 1.79. The number of rotatable bonds is 5. The molecule has 0 fully saturated rings. The van der Waals surface area contributed by atoms with Gasteiger partial charge in [-0.3, -0.25) is 0 Å². The predicted molar refractivity (Wildman–Crippen MR) is 72.5 cm³/mol. The maximum Gasteiger partial charge on any atom is 0.201 e. The van der Waals surface area contributed by atoms with Gasteiger partial charge in [0.05, 0.1) is 25.3 Å². The van der Waals surface area contributed by atoms with E-state index in [0.717, 1.165) is 23.5 Å². The van der Waals surface area contributed by atoms with E-state index in [1.165, 1.54) is 0 Å². The fourth-order valence-corrected chi connectivity index (χ4v) is 1.72. The van der Waals surface area contributed by atoms with Crippen molar-refractivity contribution in [2.45, 2.75) is 13.8 Å². The van der Waals surface area contributed by atoms with E-state index in [1.807, 2.05) is 12.1 Å². The Morgan fingerprint density at radius 3 is 2.50 bits per heavy atom. The first-order chi connectivity index (χ1) is 8.63. The van der Waals surface area contributed by atoms with Crippen LogP contribution in [0, 0.1) is 5.92 Å². The minimum absolute atomic E-state index is 0.572. The number of benzene rings is 1.